The molecule has 1 amide bonds. The minimum absolute atomic E-state index is 0.171. The van der Waals surface area contributed by atoms with Gasteiger partial charge in [0.15, 0.2) is 0 Å². The second-order valence-corrected chi connectivity index (χ2v) is 4.22. The van der Waals surface area contributed by atoms with Gasteiger partial charge in [-0.25, -0.2) is 4.98 Å². The third-order valence-corrected chi connectivity index (χ3v) is 2.63. The average molecular weight is 251 g/mol. The molecule has 4 N–H and O–H groups in total. The smallest absolute Gasteiger partial charge is 0.267 e. The van der Waals surface area contributed by atoms with Crippen molar-refractivity contribution >= 4 is 11.6 Å². The van der Waals surface area contributed by atoms with E-state index in [2.05, 4.69) is 11.9 Å². The molecule has 1 rings (SSSR count). The van der Waals surface area contributed by atoms with Crippen LogP contribution < -0.4 is 16.2 Å². The first-order chi connectivity index (χ1) is 8.65. The number of carbonyl (C=O) groups is 1. The van der Waals surface area contributed by atoms with Gasteiger partial charge in [0, 0.05) is 0 Å². The topological polar surface area (TPSA) is 91.2 Å². The summed E-state index contributed by atoms with van der Waals surface area (Å²) in [5, 5.41) is 0. The van der Waals surface area contributed by atoms with E-state index in [0.29, 0.717) is 18.2 Å². The van der Waals surface area contributed by atoms with Crippen LogP contribution in [0.1, 0.15) is 49.5 Å². The molecular formula is C13H21N3O2. The van der Waals surface area contributed by atoms with Crippen LogP contribution in [0, 0.1) is 0 Å². The summed E-state index contributed by atoms with van der Waals surface area (Å²) in [6.45, 7) is 2.74. The second kappa shape index (κ2) is 7.53. The van der Waals surface area contributed by atoms with E-state index in [9.17, 15) is 4.79 Å². The van der Waals surface area contributed by atoms with Crippen LogP contribution in [0.3, 0.4) is 0 Å². The van der Waals surface area contributed by atoms with Crippen LogP contribution in [-0.4, -0.2) is 17.5 Å². The van der Waals surface area contributed by atoms with Gasteiger partial charge in [0.2, 0.25) is 5.88 Å². The average Bonchev–Trinajstić information content (AvgIpc) is 2.35. The Morgan fingerprint density at radius 3 is 2.67 bits per heavy atom. The van der Waals surface area contributed by atoms with E-state index >= 15 is 0 Å². The summed E-state index contributed by atoms with van der Waals surface area (Å²) in [5.74, 6) is -0.287. The third-order valence-electron chi connectivity index (χ3n) is 2.63. The van der Waals surface area contributed by atoms with Gasteiger partial charge in [-0.15, -0.1) is 0 Å². The zero-order valence-corrected chi connectivity index (χ0v) is 10.8. The van der Waals surface area contributed by atoms with Crippen molar-refractivity contribution in [2.45, 2.75) is 39.0 Å². The molecule has 0 bridgehead atoms. The van der Waals surface area contributed by atoms with E-state index < -0.39 is 5.91 Å². The van der Waals surface area contributed by atoms with Crippen LogP contribution in [0.2, 0.25) is 0 Å². The lowest BCUT2D eigenvalue weighted by molar-refractivity contribution is 0.0994. The number of anilines is 1. The van der Waals surface area contributed by atoms with E-state index in [1.54, 1.807) is 6.07 Å². The highest BCUT2D eigenvalue weighted by molar-refractivity contribution is 5.91. The maximum atomic E-state index is 11.0. The van der Waals surface area contributed by atoms with Crippen LogP contribution in [0.5, 0.6) is 5.88 Å². The first-order valence-corrected chi connectivity index (χ1v) is 6.34. The first kappa shape index (κ1) is 14.3. The van der Waals surface area contributed by atoms with Crippen LogP contribution in [0.25, 0.3) is 0 Å². The summed E-state index contributed by atoms with van der Waals surface area (Å²) in [7, 11) is 0. The lowest BCUT2D eigenvalue weighted by atomic mass is 10.2. The monoisotopic (exact) mass is 251 g/mol. The molecular weight excluding hydrogens is 230 g/mol. The molecule has 0 aliphatic heterocycles. The van der Waals surface area contributed by atoms with Gasteiger partial charge in [-0.1, -0.05) is 32.6 Å². The van der Waals surface area contributed by atoms with E-state index in [-0.39, 0.29) is 5.69 Å². The maximum Gasteiger partial charge on any atom is 0.267 e. The molecule has 1 heterocycles. The second-order valence-electron chi connectivity index (χ2n) is 4.22. The zero-order chi connectivity index (χ0) is 13.4. The van der Waals surface area contributed by atoms with E-state index in [4.69, 9.17) is 16.2 Å². The Morgan fingerprint density at radius 1 is 1.28 bits per heavy atom. The number of unbranched alkanes of at least 4 members (excludes halogenated alkanes) is 4. The number of hydrogen-bond acceptors (Lipinski definition) is 4. The lowest BCUT2D eigenvalue weighted by Gasteiger charge is -2.08. The van der Waals surface area contributed by atoms with Gasteiger partial charge in [0.1, 0.15) is 5.69 Å². The van der Waals surface area contributed by atoms with Gasteiger partial charge >= 0.3 is 0 Å². The molecule has 0 atom stereocenters. The van der Waals surface area contributed by atoms with Gasteiger partial charge in [-0.05, 0) is 18.6 Å². The van der Waals surface area contributed by atoms with Crippen LogP contribution in [-0.2, 0) is 0 Å². The predicted octanol–water partition coefficient (Wildman–Crippen LogP) is 2.11. The van der Waals surface area contributed by atoms with Crippen molar-refractivity contribution in [2.75, 3.05) is 12.3 Å². The summed E-state index contributed by atoms with van der Waals surface area (Å²) in [4.78, 5) is 15.0. The number of carbonyl (C=O) groups excluding carboxylic acids is 1. The molecule has 0 saturated heterocycles. The van der Waals surface area contributed by atoms with Crippen molar-refractivity contribution in [3.63, 3.8) is 0 Å². The molecule has 5 nitrogen and oxygen atoms in total. The van der Waals surface area contributed by atoms with Crippen molar-refractivity contribution < 1.29 is 9.53 Å². The molecule has 0 saturated carbocycles. The molecule has 100 valence electrons. The molecule has 0 unspecified atom stereocenters. The van der Waals surface area contributed by atoms with Crippen LogP contribution in [0.4, 0.5) is 5.69 Å². The highest BCUT2D eigenvalue weighted by Crippen LogP contribution is 2.18. The lowest BCUT2D eigenvalue weighted by Crippen LogP contribution is -2.14. The number of aromatic nitrogens is 1. The fourth-order valence-electron chi connectivity index (χ4n) is 1.58. The number of nitrogens with two attached hydrogens (primary N) is 2. The minimum atomic E-state index is -0.581. The zero-order valence-electron chi connectivity index (χ0n) is 10.8. The molecule has 0 aliphatic rings. The number of ether oxygens (including phenoxy) is 1. The van der Waals surface area contributed by atoms with Gasteiger partial charge < -0.3 is 16.2 Å². The normalized spacial score (nSPS) is 10.3. The number of nitrogens with zero attached hydrogens (tertiary/aromatic N) is 1. The molecule has 1 aromatic heterocycles. The Kier molecular flexibility index (Phi) is 5.97. The highest BCUT2D eigenvalue weighted by atomic mass is 16.5. The number of amides is 1. The molecule has 1 aromatic rings. The third kappa shape index (κ3) is 4.61. The molecule has 0 fully saturated rings. The largest absolute Gasteiger partial charge is 0.476 e. The molecule has 0 radical (unpaired) electrons. The highest BCUT2D eigenvalue weighted by Gasteiger charge is 2.07. The number of primary amides is 1. The SMILES string of the molecule is CCCCCCCOc1nc(C(N)=O)ccc1N. The Balaban J connectivity index is 2.41. The van der Waals surface area contributed by atoms with Crippen LogP contribution >= 0.6 is 0 Å². The fourth-order valence-corrected chi connectivity index (χ4v) is 1.58. The molecule has 18 heavy (non-hydrogen) atoms. The van der Waals surface area contributed by atoms with Crippen molar-refractivity contribution in [2.24, 2.45) is 5.73 Å². The number of rotatable bonds is 8. The number of hydrogen-bond donors (Lipinski definition) is 2. The first-order valence-electron chi connectivity index (χ1n) is 6.34. The summed E-state index contributed by atoms with van der Waals surface area (Å²) in [5.41, 5.74) is 11.5. The van der Waals surface area contributed by atoms with Gasteiger partial charge in [0.05, 0.1) is 12.3 Å². The summed E-state index contributed by atoms with van der Waals surface area (Å²) < 4.78 is 5.46. The van der Waals surface area contributed by atoms with E-state index in [1.165, 1.54) is 25.3 Å². The Hall–Kier alpha value is -1.78. The van der Waals surface area contributed by atoms with Crippen molar-refractivity contribution in [1.29, 1.82) is 0 Å². The summed E-state index contributed by atoms with van der Waals surface area (Å²) >= 11 is 0. The molecule has 0 aliphatic carbocycles. The van der Waals surface area contributed by atoms with Gasteiger partial charge in [0.25, 0.3) is 5.91 Å². The number of pyridine rings is 1. The fraction of sp³-hybridized carbons (Fsp3) is 0.538. The standard InChI is InChI=1S/C13H21N3O2/c1-2-3-4-5-6-9-18-13-10(14)7-8-11(16-13)12(15)17/h7-8H,2-6,9,14H2,1H3,(H2,15,17). The van der Waals surface area contributed by atoms with E-state index in [0.717, 1.165) is 12.8 Å². The minimum Gasteiger partial charge on any atom is -0.476 e. The Morgan fingerprint density at radius 2 is 2.00 bits per heavy atom. The molecule has 5 heteroatoms. The van der Waals surface area contributed by atoms with Gasteiger partial charge in [-0.2, -0.15) is 0 Å². The van der Waals surface area contributed by atoms with Crippen LogP contribution in [0.15, 0.2) is 12.1 Å². The van der Waals surface area contributed by atoms with Crippen molar-refractivity contribution in [3.05, 3.63) is 17.8 Å². The van der Waals surface area contributed by atoms with Gasteiger partial charge in [-0.3, -0.25) is 4.79 Å². The quantitative estimate of drug-likeness (QED) is 0.692. The Labute approximate surface area is 108 Å². The summed E-state index contributed by atoms with van der Waals surface area (Å²) in [6.07, 6.45) is 5.77. The van der Waals surface area contributed by atoms with Crippen molar-refractivity contribution in [1.82, 2.24) is 4.98 Å². The van der Waals surface area contributed by atoms with E-state index in [1.807, 2.05) is 0 Å². The van der Waals surface area contributed by atoms with Crippen molar-refractivity contribution in [3.8, 4) is 5.88 Å². The summed E-state index contributed by atoms with van der Waals surface area (Å²) in [6, 6.07) is 3.07. The Bertz CT molecular complexity index is 394. The molecule has 0 spiro atoms. The molecule has 0 aromatic carbocycles. The predicted molar refractivity (Wildman–Crippen MR) is 71.4 cm³/mol. The number of nitrogen functional groups attached to an aromatic ring is 1. The maximum absolute atomic E-state index is 11.0.